The zero-order valence-electron chi connectivity index (χ0n) is 14.0. The van der Waals surface area contributed by atoms with E-state index in [9.17, 15) is 0 Å². The molecule has 18 heavy (non-hydrogen) atoms. The van der Waals surface area contributed by atoms with Crippen molar-refractivity contribution in [2.75, 3.05) is 0 Å². The van der Waals surface area contributed by atoms with Gasteiger partial charge in [0.15, 0.2) is 0 Å². The van der Waals surface area contributed by atoms with Crippen LogP contribution in [0.4, 0.5) is 0 Å². The van der Waals surface area contributed by atoms with Crippen molar-refractivity contribution in [2.24, 2.45) is 0 Å². The van der Waals surface area contributed by atoms with E-state index in [0.29, 0.717) is 0 Å². The summed E-state index contributed by atoms with van der Waals surface area (Å²) in [7, 11) is 0. The molecule has 0 unspecified atom stereocenters. The Kier molecular flexibility index (Phi) is 260. The minimum atomic E-state index is 0. The molecule has 0 aromatic heterocycles. The van der Waals surface area contributed by atoms with E-state index in [1.165, 1.54) is 25.7 Å². The predicted octanol–water partition coefficient (Wildman–Crippen LogP) is 5.31. The quantitative estimate of drug-likeness (QED) is 0.434. The molecule has 0 aliphatic heterocycles. The van der Waals surface area contributed by atoms with Gasteiger partial charge in [-0.1, -0.05) is 67.2 Å². The SMILES string of the molecule is CCCC.CCCC.[B].[B].[CH2-]CC.[CH2-]CC.[Y].[Y]. The van der Waals surface area contributed by atoms with Gasteiger partial charge in [0, 0.05) is 82.2 Å². The average Bonchev–Trinajstić information content (AvgIpc) is 2.20. The van der Waals surface area contributed by atoms with Gasteiger partial charge in [-0.25, -0.2) is 0 Å². The Morgan fingerprint density at radius 3 is 0.556 bits per heavy atom. The topological polar surface area (TPSA) is 0 Å². The zero-order chi connectivity index (χ0) is 12.2. The third-order valence-corrected chi connectivity index (χ3v) is 1.000. The minimum Gasteiger partial charge on any atom is -0.344 e. The first-order valence-electron chi connectivity index (χ1n) is 6.24. The molecule has 0 bridgehead atoms. The molecule has 104 valence electrons. The van der Waals surface area contributed by atoms with Crippen LogP contribution < -0.4 is 0 Å². The summed E-state index contributed by atoms with van der Waals surface area (Å²) in [5, 5.41) is 0. The van der Waals surface area contributed by atoms with Crippen LogP contribution >= 0.6 is 0 Å². The fourth-order valence-electron chi connectivity index (χ4n) is 0. The van der Waals surface area contributed by atoms with Crippen LogP contribution in [0, 0.1) is 13.8 Å². The number of hydrogen-bond donors (Lipinski definition) is 0. The Hall–Kier alpha value is 2.34. The smallest absolute Gasteiger partial charge is 0 e. The van der Waals surface area contributed by atoms with E-state index in [1.807, 2.05) is 13.8 Å². The van der Waals surface area contributed by atoms with Crippen molar-refractivity contribution < 1.29 is 65.4 Å². The van der Waals surface area contributed by atoms with Crippen molar-refractivity contribution >= 4 is 16.8 Å². The van der Waals surface area contributed by atoms with Crippen LogP contribution in [-0.4, -0.2) is 16.8 Å². The Balaban J connectivity index is -0.0000000116. The van der Waals surface area contributed by atoms with Gasteiger partial charge in [-0.2, -0.15) is 12.8 Å². The maximum atomic E-state index is 3.49. The molecule has 0 nitrogen and oxygen atoms in total. The summed E-state index contributed by atoms with van der Waals surface area (Å²) in [6.07, 6.45) is 7.28. The molecule has 0 aliphatic carbocycles. The molecule has 0 rings (SSSR count). The molecule has 8 radical (unpaired) electrons. The summed E-state index contributed by atoms with van der Waals surface area (Å²) < 4.78 is 0. The normalized spacial score (nSPS) is 5.33. The molecule has 0 aliphatic rings. The van der Waals surface area contributed by atoms with Crippen LogP contribution in [0.5, 0.6) is 0 Å². The average molecular weight is 402 g/mol. The molecule has 0 saturated carbocycles. The molecule has 0 saturated heterocycles. The first kappa shape index (κ1) is 50.0. The summed E-state index contributed by atoms with van der Waals surface area (Å²) in [4.78, 5) is 0. The van der Waals surface area contributed by atoms with Crippen LogP contribution in [-0.2, 0) is 65.4 Å². The molecule has 0 amide bonds. The summed E-state index contributed by atoms with van der Waals surface area (Å²) in [5.41, 5.74) is 0. The molecule has 0 atom stereocenters. The second-order valence-corrected chi connectivity index (χ2v) is 3.00. The van der Waals surface area contributed by atoms with Gasteiger partial charge < -0.3 is 13.8 Å². The van der Waals surface area contributed by atoms with Crippen LogP contribution in [0.15, 0.2) is 0 Å². The van der Waals surface area contributed by atoms with Crippen molar-refractivity contribution in [3.63, 3.8) is 0 Å². The number of unbranched alkanes of at least 4 members (excludes halogenated alkanes) is 2. The summed E-state index contributed by atoms with van der Waals surface area (Å²) in [6, 6.07) is 0. The van der Waals surface area contributed by atoms with Crippen molar-refractivity contribution in [3.05, 3.63) is 13.8 Å². The van der Waals surface area contributed by atoms with Crippen LogP contribution in [0.25, 0.3) is 0 Å². The van der Waals surface area contributed by atoms with E-state index in [1.54, 1.807) is 0 Å². The van der Waals surface area contributed by atoms with Gasteiger partial charge in [0.05, 0.1) is 0 Å². The van der Waals surface area contributed by atoms with Gasteiger partial charge in [-0.05, 0) is 0 Å². The van der Waals surface area contributed by atoms with E-state index in [-0.39, 0.29) is 82.2 Å². The first-order valence-corrected chi connectivity index (χ1v) is 6.24. The molecule has 4 heteroatoms. The Labute approximate surface area is 174 Å². The third kappa shape index (κ3) is 293. The largest absolute Gasteiger partial charge is 0.344 e. The van der Waals surface area contributed by atoms with Gasteiger partial charge in [0.2, 0.25) is 0 Å². The van der Waals surface area contributed by atoms with Gasteiger partial charge >= 0.3 is 0 Å². The second kappa shape index (κ2) is 93.5. The van der Waals surface area contributed by atoms with Gasteiger partial charge in [0.25, 0.3) is 0 Å². The summed E-state index contributed by atoms with van der Waals surface area (Å²) in [5.74, 6) is 0. The molecule has 0 fully saturated rings. The molecular weight excluding hydrogens is 368 g/mol. The van der Waals surface area contributed by atoms with Gasteiger partial charge in [0.1, 0.15) is 0 Å². The Morgan fingerprint density at radius 2 is 0.556 bits per heavy atom. The predicted molar refractivity (Wildman–Crippen MR) is 84.0 cm³/mol. The monoisotopic (exact) mass is 402 g/mol. The first-order chi connectivity index (χ1) is 6.66. The Bertz CT molecular complexity index is 38.8. The van der Waals surface area contributed by atoms with E-state index < -0.39 is 0 Å². The van der Waals surface area contributed by atoms with Crippen LogP contribution in [0.3, 0.4) is 0 Å². The molecule has 0 aromatic carbocycles. The minimum absolute atomic E-state index is 0. The van der Waals surface area contributed by atoms with Gasteiger partial charge in [-0.3, -0.25) is 0 Å². The fraction of sp³-hybridized carbons (Fsp3) is 0.857. The van der Waals surface area contributed by atoms with E-state index in [4.69, 9.17) is 0 Å². The van der Waals surface area contributed by atoms with Crippen molar-refractivity contribution in [2.45, 2.75) is 80.1 Å². The van der Waals surface area contributed by atoms with Crippen molar-refractivity contribution in [1.82, 2.24) is 0 Å². The maximum absolute atomic E-state index is 3.49. The maximum Gasteiger partial charge on any atom is 0 e. The Morgan fingerprint density at radius 1 is 0.500 bits per heavy atom. The molecule has 0 aromatic rings. The zero-order valence-corrected chi connectivity index (χ0v) is 19.6. The summed E-state index contributed by atoms with van der Waals surface area (Å²) >= 11 is 0. The van der Waals surface area contributed by atoms with Crippen molar-refractivity contribution in [3.8, 4) is 0 Å². The summed E-state index contributed by atoms with van der Waals surface area (Å²) in [6.45, 7) is 19.7. The fourth-order valence-corrected chi connectivity index (χ4v) is 0. The number of hydrogen-bond acceptors (Lipinski definition) is 0. The third-order valence-electron chi connectivity index (χ3n) is 1.000. The van der Waals surface area contributed by atoms with Crippen LogP contribution in [0.2, 0.25) is 0 Å². The van der Waals surface area contributed by atoms with Crippen LogP contribution in [0.1, 0.15) is 80.1 Å². The standard InChI is InChI=1S/2C4H10.2C3H7.2B.2Y/c2*1-3-4-2;2*1-3-2;;;;/h2*3-4H2,1-2H3;2*1,3H2,2H3;;;;/q;;2*-1;;;;. The van der Waals surface area contributed by atoms with Crippen molar-refractivity contribution in [1.29, 1.82) is 0 Å². The van der Waals surface area contributed by atoms with E-state index >= 15 is 0 Å². The molecular formula is C14H34B2Y2-2. The van der Waals surface area contributed by atoms with Gasteiger partial charge in [-0.15, -0.1) is 0 Å². The van der Waals surface area contributed by atoms with E-state index in [0.717, 1.165) is 12.8 Å². The van der Waals surface area contributed by atoms with E-state index in [2.05, 4.69) is 41.5 Å². The second-order valence-electron chi connectivity index (χ2n) is 3.00. The molecule has 0 spiro atoms. The molecule has 0 N–H and O–H groups in total. The number of rotatable bonds is 2. The molecule has 0 heterocycles.